The summed E-state index contributed by atoms with van der Waals surface area (Å²) in [7, 11) is 6.28. The highest BCUT2D eigenvalue weighted by Crippen LogP contribution is 2.45. The van der Waals surface area contributed by atoms with Crippen molar-refractivity contribution < 1.29 is 54.8 Å². The number of nitrogens with one attached hydrogen (secondary N) is 1. The largest absolute Gasteiger partial charge is 0.497 e. The molecule has 6 heterocycles. The second-order valence-electron chi connectivity index (χ2n) is 21.4. The highest BCUT2D eigenvalue weighted by molar-refractivity contribution is 5.72. The first-order valence-corrected chi connectivity index (χ1v) is 27.7. The summed E-state index contributed by atoms with van der Waals surface area (Å²) in [4.78, 5) is 21.7. The van der Waals surface area contributed by atoms with E-state index in [1.807, 2.05) is 85.8 Å². The predicted octanol–water partition coefficient (Wildman–Crippen LogP) is 11.3. The van der Waals surface area contributed by atoms with Crippen molar-refractivity contribution in [3.8, 4) is 40.0 Å². The van der Waals surface area contributed by atoms with Gasteiger partial charge in [-0.25, -0.2) is 23.1 Å². The van der Waals surface area contributed by atoms with Crippen LogP contribution in [0.1, 0.15) is 71.2 Å². The Bertz CT molecular complexity index is 3590. The predicted molar refractivity (Wildman–Crippen MR) is 305 cm³/mol. The van der Waals surface area contributed by atoms with Crippen molar-refractivity contribution in [3.63, 3.8) is 0 Å². The molecule has 5 aromatic carbocycles. The van der Waals surface area contributed by atoms with Gasteiger partial charge in [-0.2, -0.15) is 13.2 Å². The fraction of sp³-hybridized carbons (Fsp3) is 0.328. The smallest absolute Gasteiger partial charge is 0.418 e. The van der Waals surface area contributed by atoms with Gasteiger partial charge in [-0.15, -0.1) is 0 Å². The number of rotatable bonds is 20. The van der Waals surface area contributed by atoms with Gasteiger partial charge in [-0.1, -0.05) is 54.6 Å². The zero-order chi connectivity index (χ0) is 58.9. The van der Waals surface area contributed by atoms with Gasteiger partial charge in [0.05, 0.1) is 68.3 Å². The molecule has 7 aromatic rings. The van der Waals surface area contributed by atoms with E-state index in [1.54, 1.807) is 60.5 Å². The molecule has 2 aromatic heterocycles. The minimum absolute atomic E-state index is 0.00335. The fourth-order valence-electron chi connectivity index (χ4n) is 11.9. The quantitative estimate of drug-likeness (QED) is 0.0730. The Kier molecular flexibility index (Phi) is 16.3. The third-order valence-electron chi connectivity index (χ3n) is 16.1. The van der Waals surface area contributed by atoms with Crippen molar-refractivity contribution in [2.45, 2.75) is 83.2 Å². The molecule has 0 amide bonds. The fourth-order valence-corrected chi connectivity index (χ4v) is 11.9. The molecule has 84 heavy (non-hydrogen) atoms. The minimum Gasteiger partial charge on any atom is -0.497 e. The summed E-state index contributed by atoms with van der Waals surface area (Å²) in [5.74, 6) is -0.516. The van der Waals surface area contributed by atoms with E-state index in [9.17, 15) is 0 Å². The summed E-state index contributed by atoms with van der Waals surface area (Å²) in [5, 5.41) is 2.58. The molecule has 0 bridgehead atoms. The lowest BCUT2D eigenvalue weighted by Crippen LogP contribution is -2.46. The van der Waals surface area contributed by atoms with Crippen molar-refractivity contribution in [1.29, 1.82) is 0 Å². The van der Waals surface area contributed by atoms with Gasteiger partial charge in [0.2, 0.25) is 0 Å². The minimum atomic E-state index is -5.15. The maximum absolute atomic E-state index is 18.5. The van der Waals surface area contributed by atoms with E-state index in [0.717, 1.165) is 28.7 Å². The van der Waals surface area contributed by atoms with Crippen molar-refractivity contribution in [2.24, 2.45) is 4.99 Å². The van der Waals surface area contributed by atoms with E-state index in [1.165, 1.54) is 33.4 Å². The Hall–Kier alpha value is -8.65. The van der Waals surface area contributed by atoms with E-state index >= 15 is 26.3 Å². The summed E-state index contributed by atoms with van der Waals surface area (Å²) in [5.41, 5.74) is -0.429. The zero-order valence-electron chi connectivity index (χ0n) is 47.4. The number of aryl methyl sites for hydroxylation is 1. The molecule has 0 spiro atoms. The summed E-state index contributed by atoms with van der Waals surface area (Å²) >= 11 is 0. The van der Waals surface area contributed by atoms with Crippen molar-refractivity contribution in [1.82, 2.24) is 25.1 Å². The van der Waals surface area contributed by atoms with Crippen LogP contribution in [0.25, 0.3) is 17.1 Å². The van der Waals surface area contributed by atoms with Gasteiger partial charge in [0, 0.05) is 50.9 Å². The van der Waals surface area contributed by atoms with Crippen molar-refractivity contribution >= 4 is 17.5 Å². The number of aromatic nitrogens is 2. The number of anilines is 2. The standard InChI is InChI=1S/C64H64F6N8O6/c1-39-29-51(75(31-41-10-18-46(79-3)19-11-41)32-42-12-20-47(80-4)21-13-42)74-58(55(39)64(68,69)70)53-56(66)59-54-60(57(53)67)84-52(83-37-63-26-8-28-77(63)35-45(65)30-63)36-78(62(54)73-38-72-59)40(2)50-9-7-27-71-61(50)76(33-43-14-22-48(81-5)23-15-43)34-44-16-24-49(82-6)25-17-44/h7,9-25,27,29,36,40,45,73H,8,26,28,30-35,37-38H2,1-6H3/t40?,45-,63+/m1/s1. The van der Waals surface area contributed by atoms with Gasteiger partial charge in [0.15, 0.2) is 17.4 Å². The molecular weight excluding hydrogens is 1090 g/mol. The Labute approximate surface area is 483 Å². The van der Waals surface area contributed by atoms with Gasteiger partial charge in [-0.05, 0) is 122 Å². The SMILES string of the molecule is COc1ccc(CN(Cc2ccc(OC)cc2)c2cc(C)c(C(F)(F)F)c(-c3c(F)c4c5c(c3F)=NCNC=5N(C(C)c3cccnc3N(Cc3ccc(OC)cc3)Cc3ccc(OC)cc3)C=C(OC[C@@]35CCCN3C[C@H](F)C5)O4)n2)cc1. The Morgan fingerprint density at radius 2 is 1.31 bits per heavy atom. The van der Waals surface area contributed by atoms with Gasteiger partial charge >= 0.3 is 12.1 Å². The maximum Gasteiger partial charge on any atom is 0.418 e. The van der Waals surface area contributed by atoms with Gasteiger partial charge < -0.3 is 48.4 Å². The van der Waals surface area contributed by atoms with Crippen LogP contribution < -0.4 is 49.4 Å². The van der Waals surface area contributed by atoms with Crippen LogP contribution in [0, 0.1) is 18.6 Å². The van der Waals surface area contributed by atoms with Crippen LogP contribution in [0.2, 0.25) is 0 Å². The van der Waals surface area contributed by atoms with Crippen LogP contribution in [0.5, 0.6) is 28.7 Å². The van der Waals surface area contributed by atoms with E-state index in [2.05, 4.69) is 25.1 Å². The van der Waals surface area contributed by atoms with Crippen molar-refractivity contribution in [3.05, 3.63) is 195 Å². The summed E-state index contributed by atoms with van der Waals surface area (Å²) in [6.07, 6.45) is -1.45. The van der Waals surface area contributed by atoms with Crippen LogP contribution in [-0.4, -0.2) is 86.3 Å². The lowest BCUT2D eigenvalue weighted by Gasteiger charge is -2.34. The van der Waals surface area contributed by atoms with Crippen LogP contribution in [0.15, 0.2) is 139 Å². The van der Waals surface area contributed by atoms with E-state index in [-0.39, 0.29) is 67.7 Å². The molecule has 0 radical (unpaired) electrons. The molecule has 0 aliphatic carbocycles. The molecule has 0 saturated carbocycles. The lowest BCUT2D eigenvalue weighted by molar-refractivity contribution is -0.137. The summed E-state index contributed by atoms with van der Waals surface area (Å²) in [6, 6.07) is 33.9. The summed E-state index contributed by atoms with van der Waals surface area (Å²) < 4.78 is 134. The number of hydrogen-bond acceptors (Lipinski definition) is 14. The number of hydrogen-bond donors (Lipinski definition) is 1. The topological polar surface area (TPSA) is 119 Å². The number of ether oxygens (including phenoxy) is 6. The van der Waals surface area contributed by atoms with Crippen LogP contribution in [0.4, 0.5) is 38.0 Å². The molecule has 3 atom stereocenters. The molecule has 1 N–H and O–H groups in total. The molecule has 438 valence electrons. The molecule has 2 saturated heterocycles. The lowest BCUT2D eigenvalue weighted by atomic mass is 9.95. The van der Waals surface area contributed by atoms with E-state index in [4.69, 9.17) is 33.4 Å². The molecule has 4 aliphatic heterocycles. The number of pyridine rings is 2. The van der Waals surface area contributed by atoms with Crippen LogP contribution in [-0.2, 0) is 37.1 Å². The Balaban J connectivity index is 1.07. The normalized spacial score (nSPS) is 17.6. The van der Waals surface area contributed by atoms with Gasteiger partial charge in [0.1, 0.15) is 65.3 Å². The number of nitrogens with zero attached hydrogens (tertiary/aromatic N) is 7. The monoisotopic (exact) mass is 1150 g/mol. The van der Waals surface area contributed by atoms with E-state index in [0.29, 0.717) is 60.4 Å². The molecule has 1 unspecified atom stereocenters. The van der Waals surface area contributed by atoms with Gasteiger partial charge in [-0.3, -0.25) is 9.89 Å². The molecule has 11 rings (SSSR count). The van der Waals surface area contributed by atoms with Gasteiger partial charge in [0.25, 0.3) is 0 Å². The highest BCUT2D eigenvalue weighted by Gasteiger charge is 2.50. The number of methoxy groups -OCH3 is 4. The molecule has 14 nitrogen and oxygen atoms in total. The van der Waals surface area contributed by atoms with E-state index < -0.39 is 63.5 Å². The third kappa shape index (κ3) is 11.5. The first-order valence-electron chi connectivity index (χ1n) is 27.7. The second-order valence-corrected chi connectivity index (χ2v) is 21.4. The average Bonchev–Trinajstić information content (AvgIpc) is 2.11. The number of fused-ring (bicyclic) bond motifs is 1. The Morgan fingerprint density at radius 3 is 1.85 bits per heavy atom. The van der Waals surface area contributed by atoms with Crippen LogP contribution >= 0.6 is 0 Å². The van der Waals surface area contributed by atoms with Crippen LogP contribution in [0.3, 0.4) is 0 Å². The second kappa shape index (κ2) is 23.9. The molecule has 2 fully saturated rings. The Morgan fingerprint density at radius 1 is 0.762 bits per heavy atom. The van der Waals surface area contributed by atoms with Crippen molar-refractivity contribution in [2.75, 3.05) is 64.6 Å². The zero-order valence-corrected chi connectivity index (χ0v) is 47.4. The average molecular weight is 1160 g/mol. The molecule has 4 aliphatic rings. The molecular formula is C64H64F6N8O6. The number of alkyl halides is 4. The highest BCUT2D eigenvalue weighted by atomic mass is 19.4. The first-order chi connectivity index (χ1) is 40.6. The summed E-state index contributed by atoms with van der Waals surface area (Å²) in [6.45, 7) is 4.68. The maximum atomic E-state index is 18.5. The molecule has 20 heteroatoms. The first kappa shape index (κ1) is 57.2. The number of halogens is 6. The number of benzene rings is 5. The third-order valence-corrected chi connectivity index (χ3v) is 16.1.